The number of hydrogen-bond donors (Lipinski definition) is 4. The minimum absolute atomic E-state index is 0.0349. The van der Waals surface area contributed by atoms with Gasteiger partial charge in [0.1, 0.15) is 29.5 Å². The predicted molar refractivity (Wildman–Crippen MR) is 231 cm³/mol. The van der Waals surface area contributed by atoms with Crippen molar-refractivity contribution in [1.29, 1.82) is 0 Å². The van der Waals surface area contributed by atoms with Gasteiger partial charge in [0.25, 0.3) is 5.91 Å². The van der Waals surface area contributed by atoms with Gasteiger partial charge in [-0.25, -0.2) is 9.59 Å². The first kappa shape index (κ1) is 47.8. The zero-order chi connectivity index (χ0) is 48.1. The maximum Gasteiger partial charge on any atom is 0.342 e. The molecule has 17 heteroatoms. The Hall–Kier alpha value is -6.14. The van der Waals surface area contributed by atoms with Crippen LogP contribution in [-0.2, 0) is 42.9 Å². The van der Waals surface area contributed by atoms with Crippen LogP contribution in [0.5, 0.6) is 11.5 Å². The summed E-state index contributed by atoms with van der Waals surface area (Å²) in [5.74, 6) is -7.09. The van der Waals surface area contributed by atoms with Gasteiger partial charge in [-0.15, -0.1) is 0 Å². The number of aliphatic hydroxyl groups is 3. The van der Waals surface area contributed by atoms with E-state index in [0.717, 1.165) is 13.8 Å². The van der Waals surface area contributed by atoms with Gasteiger partial charge in [-0.2, -0.15) is 0 Å². The van der Waals surface area contributed by atoms with Crippen molar-refractivity contribution in [3.05, 3.63) is 107 Å². The maximum absolute atomic E-state index is 15.6. The number of ketones is 1. The molecule has 4 N–H and O–H groups in total. The Balaban J connectivity index is 1.41. The van der Waals surface area contributed by atoms with Gasteiger partial charge < -0.3 is 53.8 Å². The van der Waals surface area contributed by atoms with Crippen LogP contribution in [0.4, 0.5) is 0 Å². The van der Waals surface area contributed by atoms with Crippen molar-refractivity contribution in [3.63, 3.8) is 0 Å². The molecule has 11 atom stereocenters. The van der Waals surface area contributed by atoms with Crippen LogP contribution in [0.15, 0.2) is 90.0 Å². The van der Waals surface area contributed by atoms with E-state index in [4.69, 9.17) is 33.2 Å². The number of para-hydroxylation sites is 1. The third-order valence-corrected chi connectivity index (χ3v) is 14.1. The van der Waals surface area contributed by atoms with Gasteiger partial charge in [-0.05, 0) is 54.8 Å². The van der Waals surface area contributed by atoms with Crippen molar-refractivity contribution >= 4 is 35.6 Å². The van der Waals surface area contributed by atoms with Crippen molar-refractivity contribution < 1.29 is 77.2 Å². The molecule has 66 heavy (non-hydrogen) atoms. The standard InChI is InChI=1S/C49H55NO16/c1-25-32(64-45(58)37(54)36(28-16-11-9-12-17-28)50-43(56)29-18-13-10-14-19-29)23-49(59)42(65-44(57)30-20-15-21-31(60-7)38(30)61-8)40-47(6,33(53)22-34-48(40,24-62-34)66-27(3)52)41(55)39(63-26(2)51)35(25)46(49,4)5/h9-21,32-34,36-37,39-40,42,53-54,59H,22-24H2,1-8H3,(H,50,56)/t32-,33-,34+,36-,37+,39+,40-,42-,47+,48-,49+/m0/s1. The maximum atomic E-state index is 15.6. The molecule has 0 radical (unpaired) electrons. The van der Waals surface area contributed by atoms with Crippen LogP contribution in [0.2, 0.25) is 0 Å². The highest BCUT2D eigenvalue weighted by molar-refractivity contribution is 5.97. The minimum atomic E-state index is -2.48. The number of esters is 4. The third kappa shape index (κ3) is 7.80. The summed E-state index contributed by atoms with van der Waals surface area (Å²) in [5, 5.41) is 40.6. The molecule has 4 aliphatic rings. The third-order valence-electron chi connectivity index (χ3n) is 14.1. The fourth-order valence-corrected chi connectivity index (χ4v) is 10.7. The van der Waals surface area contributed by atoms with E-state index in [-0.39, 0.29) is 46.8 Å². The molecule has 17 nitrogen and oxygen atoms in total. The van der Waals surface area contributed by atoms with Crippen LogP contribution in [0, 0.1) is 16.7 Å². The molecule has 1 saturated heterocycles. The lowest BCUT2D eigenvalue weighted by Gasteiger charge is -2.67. The lowest BCUT2D eigenvalue weighted by molar-refractivity contribution is -0.346. The van der Waals surface area contributed by atoms with Gasteiger partial charge in [0.15, 0.2) is 35.1 Å². The molecule has 7 rings (SSSR count). The number of methoxy groups -OCH3 is 2. The van der Waals surface area contributed by atoms with Crippen LogP contribution >= 0.6 is 0 Å². The summed E-state index contributed by atoms with van der Waals surface area (Å²) in [5.41, 5.74) is -7.64. The number of nitrogens with one attached hydrogen (secondary N) is 1. The molecular weight excluding hydrogens is 859 g/mol. The zero-order valence-electron chi connectivity index (χ0n) is 37.9. The average Bonchev–Trinajstić information content (AvgIpc) is 3.28. The van der Waals surface area contributed by atoms with E-state index in [1.165, 1.54) is 54.0 Å². The summed E-state index contributed by atoms with van der Waals surface area (Å²) in [6.45, 7) is 7.81. The average molecular weight is 914 g/mol. The molecule has 1 amide bonds. The lowest BCUT2D eigenvalue weighted by atomic mass is 9.44. The summed E-state index contributed by atoms with van der Waals surface area (Å²) < 4.78 is 41.5. The van der Waals surface area contributed by atoms with Crippen molar-refractivity contribution in [3.8, 4) is 11.5 Å². The highest BCUT2D eigenvalue weighted by atomic mass is 16.6. The molecule has 352 valence electrons. The van der Waals surface area contributed by atoms with Crippen molar-refractivity contribution in [2.45, 2.75) is 108 Å². The molecular formula is C49H55NO16. The molecule has 1 heterocycles. The van der Waals surface area contributed by atoms with Gasteiger partial charge in [-0.1, -0.05) is 68.4 Å². The summed E-state index contributed by atoms with van der Waals surface area (Å²) in [6.07, 6.45) is -10.9. The molecule has 3 aromatic rings. The van der Waals surface area contributed by atoms with Crippen LogP contribution in [0.25, 0.3) is 0 Å². The first-order valence-electron chi connectivity index (χ1n) is 21.5. The van der Waals surface area contributed by atoms with Gasteiger partial charge in [0.05, 0.1) is 44.3 Å². The van der Waals surface area contributed by atoms with E-state index in [1.54, 1.807) is 66.7 Å². The molecule has 2 saturated carbocycles. The van der Waals surface area contributed by atoms with Crippen molar-refractivity contribution in [1.82, 2.24) is 5.32 Å². The van der Waals surface area contributed by atoms with Gasteiger partial charge in [-0.3, -0.25) is 19.2 Å². The zero-order valence-corrected chi connectivity index (χ0v) is 37.9. The molecule has 3 aromatic carbocycles. The molecule has 1 aliphatic heterocycles. The highest BCUT2D eigenvalue weighted by Gasteiger charge is 2.78. The van der Waals surface area contributed by atoms with Gasteiger partial charge in [0, 0.05) is 37.7 Å². The number of carbonyl (C=O) groups is 6. The van der Waals surface area contributed by atoms with Crippen LogP contribution in [0.1, 0.15) is 86.7 Å². The second-order valence-corrected chi connectivity index (χ2v) is 18.0. The minimum Gasteiger partial charge on any atom is -0.493 e. The van der Waals surface area contributed by atoms with E-state index in [1.807, 2.05) is 0 Å². The lowest BCUT2D eigenvalue weighted by Crippen LogP contribution is -2.82. The number of carbonyl (C=O) groups excluding carboxylic acids is 6. The van der Waals surface area contributed by atoms with E-state index < -0.39 is 113 Å². The topological polar surface area (TPSA) is 240 Å². The molecule has 0 spiro atoms. The molecule has 3 fully saturated rings. The first-order chi connectivity index (χ1) is 31.2. The number of hydrogen-bond acceptors (Lipinski definition) is 16. The van der Waals surface area contributed by atoms with Crippen LogP contribution in [-0.4, -0.2) is 120 Å². The largest absolute Gasteiger partial charge is 0.493 e. The molecule has 0 unspecified atom stereocenters. The van der Waals surface area contributed by atoms with Gasteiger partial charge in [0.2, 0.25) is 0 Å². The second kappa shape index (κ2) is 17.9. The smallest absolute Gasteiger partial charge is 0.342 e. The number of ether oxygens (including phenoxy) is 7. The summed E-state index contributed by atoms with van der Waals surface area (Å²) in [6, 6.07) is 19.4. The highest BCUT2D eigenvalue weighted by Crippen LogP contribution is 2.64. The summed E-state index contributed by atoms with van der Waals surface area (Å²) in [7, 11) is 2.67. The Morgan fingerprint density at radius 1 is 0.848 bits per heavy atom. The van der Waals surface area contributed by atoms with E-state index in [0.29, 0.717) is 5.56 Å². The van der Waals surface area contributed by atoms with Crippen LogP contribution in [0.3, 0.4) is 0 Å². The Morgan fingerprint density at radius 3 is 2.08 bits per heavy atom. The normalized spacial score (nSPS) is 30.6. The fraction of sp³-hybridized carbons (Fsp3) is 0.469. The van der Waals surface area contributed by atoms with Crippen molar-refractivity contribution in [2.75, 3.05) is 20.8 Å². The number of amides is 1. The quantitative estimate of drug-likeness (QED) is 0.115. The van der Waals surface area contributed by atoms with E-state index >= 15 is 4.79 Å². The fourth-order valence-electron chi connectivity index (χ4n) is 10.7. The number of rotatable bonds is 12. The Kier molecular flexibility index (Phi) is 13.0. The van der Waals surface area contributed by atoms with Crippen LogP contribution < -0.4 is 14.8 Å². The predicted octanol–water partition coefficient (Wildman–Crippen LogP) is 3.75. The Labute approximate surface area is 381 Å². The van der Waals surface area contributed by atoms with E-state index in [2.05, 4.69) is 5.32 Å². The number of fused-ring (bicyclic) bond motifs is 5. The second-order valence-electron chi connectivity index (χ2n) is 18.0. The van der Waals surface area contributed by atoms with Gasteiger partial charge >= 0.3 is 23.9 Å². The first-order valence-corrected chi connectivity index (χ1v) is 21.5. The number of aliphatic hydroxyl groups excluding tert-OH is 2. The van der Waals surface area contributed by atoms with E-state index in [9.17, 15) is 39.3 Å². The Bertz CT molecular complexity index is 2440. The summed E-state index contributed by atoms with van der Waals surface area (Å²) >= 11 is 0. The number of benzene rings is 3. The monoisotopic (exact) mass is 913 g/mol. The molecule has 2 bridgehead atoms. The molecule has 3 aliphatic carbocycles. The van der Waals surface area contributed by atoms with Crippen molar-refractivity contribution in [2.24, 2.45) is 16.7 Å². The number of Topliss-reactive ketones (excluding diaryl/α,β-unsaturated/α-hetero) is 1. The summed E-state index contributed by atoms with van der Waals surface area (Å²) in [4.78, 5) is 84.5. The Morgan fingerprint density at radius 2 is 1.50 bits per heavy atom. The SMILES string of the molecule is COc1cccc(C(=O)O[C@H]2[C@@H]3[C@]4(OC(C)=O)CO[C@@H]4C[C@H](O)[C@@]3(C)C(=O)[C@H](OC(C)=O)C3=C(C)[C@@H](OC(=O)[C@H](O)[C@@H](NC(=O)c4ccccc4)c4ccccc4)C[C@]2(O)C3(C)C)c1OC. The molecule has 0 aromatic heterocycles.